The normalized spacial score (nSPS) is 13.0. The van der Waals surface area contributed by atoms with Crippen LogP contribution in [0.25, 0.3) is 0 Å². The van der Waals surface area contributed by atoms with E-state index >= 15 is 0 Å². The lowest BCUT2D eigenvalue weighted by molar-refractivity contribution is 0.722. The Labute approximate surface area is 77.8 Å². The van der Waals surface area contributed by atoms with Crippen LogP contribution in [0.15, 0.2) is 12.3 Å². The highest BCUT2D eigenvalue weighted by atomic mass is 35.5. The standard InChI is InChI=1S/C9H13ClN2/c1-6-3-8(10)9(12-5-6)4-7(2)11/h3,5,7H,4,11H2,1-2H3. The van der Waals surface area contributed by atoms with Crippen molar-refractivity contribution in [3.05, 3.63) is 28.5 Å². The summed E-state index contributed by atoms with van der Waals surface area (Å²) in [4.78, 5) is 4.21. The van der Waals surface area contributed by atoms with Crippen molar-refractivity contribution in [2.75, 3.05) is 0 Å². The van der Waals surface area contributed by atoms with Gasteiger partial charge in [0.1, 0.15) is 0 Å². The van der Waals surface area contributed by atoms with Crippen molar-refractivity contribution in [1.82, 2.24) is 4.98 Å². The van der Waals surface area contributed by atoms with Crippen molar-refractivity contribution in [2.24, 2.45) is 5.73 Å². The fraction of sp³-hybridized carbons (Fsp3) is 0.444. The average Bonchev–Trinajstić information content (AvgIpc) is 1.94. The Hall–Kier alpha value is -0.600. The number of aromatic nitrogens is 1. The summed E-state index contributed by atoms with van der Waals surface area (Å²) < 4.78 is 0. The molecule has 0 radical (unpaired) electrons. The van der Waals surface area contributed by atoms with Gasteiger partial charge in [-0.15, -0.1) is 0 Å². The van der Waals surface area contributed by atoms with Gasteiger partial charge < -0.3 is 5.73 Å². The second-order valence-electron chi connectivity index (χ2n) is 3.12. The van der Waals surface area contributed by atoms with E-state index in [1.165, 1.54) is 0 Å². The van der Waals surface area contributed by atoms with Crippen LogP contribution in [0.2, 0.25) is 5.02 Å². The molecule has 2 nitrogen and oxygen atoms in total. The summed E-state index contributed by atoms with van der Waals surface area (Å²) in [5.74, 6) is 0. The van der Waals surface area contributed by atoms with Crippen LogP contribution < -0.4 is 5.73 Å². The first kappa shape index (κ1) is 9.49. The molecule has 1 aromatic heterocycles. The molecule has 0 saturated carbocycles. The summed E-state index contributed by atoms with van der Waals surface area (Å²) >= 11 is 5.96. The number of rotatable bonds is 2. The van der Waals surface area contributed by atoms with Gasteiger partial charge in [0.05, 0.1) is 10.7 Å². The summed E-state index contributed by atoms with van der Waals surface area (Å²) in [6, 6.07) is 2.02. The van der Waals surface area contributed by atoms with Crippen LogP contribution >= 0.6 is 11.6 Å². The maximum atomic E-state index is 5.96. The molecular formula is C9H13ClN2. The van der Waals surface area contributed by atoms with E-state index in [9.17, 15) is 0 Å². The highest BCUT2D eigenvalue weighted by Crippen LogP contribution is 2.15. The molecule has 3 heteroatoms. The van der Waals surface area contributed by atoms with Crippen molar-refractivity contribution < 1.29 is 0 Å². The smallest absolute Gasteiger partial charge is 0.0624 e. The first-order valence-corrected chi connectivity index (χ1v) is 4.34. The predicted octanol–water partition coefficient (Wildman–Crippen LogP) is 1.93. The molecule has 0 saturated heterocycles. The number of pyridine rings is 1. The molecule has 66 valence electrons. The minimum absolute atomic E-state index is 0.109. The molecule has 1 heterocycles. The van der Waals surface area contributed by atoms with Crippen LogP contribution in [0.5, 0.6) is 0 Å². The molecule has 0 spiro atoms. The largest absolute Gasteiger partial charge is 0.328 e. The van der Waals surface area contributed by atoms with E-state index in [0.29, 0.717) is 5.02 Å². The minimum atomic E-state index is 0.109. The van der Waals surface area contributed by atoms with Gasteiger partial charge in [-0.25, -0.2) is 0 Å². The molecule has 0 amide bonds. The third kappa shape index (κ3) is 2.47. The molecular weight excluding hydrogens is 172 g/mol. The molecule has 1 aromatic rings. The van der Waals surface area contributed by atoms with Gasteiger partial charge in [0.15, 0.2) is 0 Å². The van der Waals surface area contributed by atoms with Crippen molar-refractivity contribution in [3.63, 3.8) is 0 Å². The number of nitrogens with two attached hydrogens (primary N) is 1. The molecule has 1 atom stereocenters. The van der Waals surface area contributed by atoms with Gasteiger partial charge in [0.25, 0.3) is 0 Å². The lowest BCUT2D eigenvalue weighted by atomic mass is 10.1. The minimum Gasteiger partial charge on any atom is -0.328 e. The zero-order valence-electron chi connectivity index (χ0n) is 7.34. The van der Waals surface area contributed by atoms with E-state index in [4.69, 9.17) is 17.3 Å². The highest BCUT2D eigenvalue weighted by molar-refractivity contribution is 6.31. The summed E-state index contributed by atoms with van der Waals surface area (Å²) in [7, 11) is 0. The molecule has 0 fully saturated rings. The number of aryl methyl sites for hydroxylation is 1. The third-order valence-electron chi connectivity index (χ3n) is 1.57. The number of hydrogen-bond acceptors (Lipinski definition) is 2. The van der Waals surface area contributed by atoms with E-state index in [0.717, 1.165) is 17.7 Å². The summed E-state index contributed by atoms with van der Waals surface area (Å²) in [6.45, 7) is 3.91. The van der Waals surface area contributed by atoms with Gasteiger partial charge >= 0.3 is 0 Å². The summed E-state index contributed by atoms with van der Waals surface area (Å²) in [5.41, 5.74) is 7.60. The molecule has 1 rings (SSSR count). The SMILES string of the molecule is Cc1cnc(CC(C)N)c(Cl)c1. The molecule has 0 aromatic carbocycles. The van der Waals surface area contributed by atoms with Crippen LogP contribution in [-0.2, 0) is 6.42 Å². The van der Waals surface area contributed by atoms with E-state index in [-0.39, 0.29) is 6.04 Å². The monoisotopic (exact) mass is 184 g/mol. The van der Waals surface area contributed by atoms with Crippen molar-refractivity contribution in [3.8, 4) is 0 Å². The van der Waals surface area contributed by atoms with Crippen LogP contribution in [0, 0.1) is 6.92 Å². The quantitative estimate of drug-likeness (QED) is 0.763. The van der Waals surface area contributed by atoms with E-state index in [1.807, 2.05) is 26.1 Å². The summed E-state index contributed by atoms with van der Waals surface area (Å²) in [5, 5.41) is 0.715. The Morgan fingerprint density at radius 2 is 2.33 bits per heavy atom. The number of hydrogen-bond donors (Lipinski definition) is 1. The van der Waals surface area contributed by atoms with Gasteiger partial charge in [-0.2, -0.15) is 0 Å². The second-order valence-corrected chi connectivity index (χ2v) is 3.53. The molecule has 1 unspecified atom stereocenters. The molecule has 2 N–H and O–H groups in total. The van der Waals surface area contributed by atoms with E-state index in [1.54, 1.807) is 0 Å². The first-order valence-electron chi connectivity index (χ1n) is 3.96. The number of halogens is 1. The number of nitrogens with zero attached hydrogens (tertiary/aromatic N) is 1. The average molecular weight is 185 g/mol. The van der Waals surface area contributed by atoms with Crippen molar-refractivity contribution in [1.29, 1.82) is 0 Å². The van der Waals surface area contributed by atoms with Crippen LogP contribution in [0.3, 0.4) is 0 Å². The van der Waals surface area contributed by atoms with Crippen molar-refractivity contribution in [2.45, 2.75) is 26.3 Å². The molecule has 0 aliphatic carbocycles. The molecule has 0 aliphatic heterocycles. The first-order chi connectivity index (χ1) is 5.59. The maximum Gasteiger partial charge on any atom is 0.0624 e. The van der Waals surface area contributed by atoms with Gasteiger partial charge in [-0.3, -0.25) is 4.98 Å². The zero-order chi connectivity index (χ0) is 9.14. The molecule has 0 aliphatic rings. The fourth-order valence-corrected chi connectivity index (χ4v) is 1.32. The van der Waals surface area contributed by atoms with Gasteiger partial charge in [0.2, 0.25) is 0 Å². The zero-order valence-corrected chi connectivity index (χ0v) is 8.10. The summed E-state index contributed by atoms with van der Waals surface area (Å²) in [6.07, 6.45) is 2.54. The molecule has 12 heavy (non-hydrogen) atoms. The second kappa shape index (κ2) is 3.87. The third-order valence-corrected chi connectivity index (χ3v) is 1.90. The molecule has 0 bridgehead atoms. The Bertz CT molecular complexity index is 271. The Morgan fingerprint density at radius 1 is 1.67 bits per heavy atom. The Morgan fingerprint density at radius 3 is 2.83 bits per heavy atom. The van der Waals surface area contributed by atoms with Gasteiger partial charge in [-0.1, -0.05) is 11.6 Å². The predicted molar refractivity (Wildman–Crippen MR) is 51.3 cm³/mol. The van der Waals surface area contributed by atoms with Crippen LogP contribution in [-0.4, -0.2) is 11.0 Å². The lowest BCUT2D eigenvalue weighted by Crippen LogP contribution is -2.18. The van der Waals surface area contributed by atoms with Crippen LogP contribution in [0.4, 0.5) is 0 Å². The fourth-order valence-electron chi connectivity index (χ4n) is 1.02. The topological polar surface area (TPSA) is 38.9 Å². The van der Waals surface area contributed by atoms with E-state index in [2.05, 4.69) is 4.98 Å². The highest BCUT2D eigenvalue weighted by Gasteiger charge is 2.04. The Balaban J connectivity index is 2.86. The van der Waals surface area contributed by atoms with E-state index < -0.39 is 0 Å². The van der Waals surface area contributed by atoms with Crippen molar-refractivity contribution >= 4 is 11.6 Å². The lowest BCUT2D eigenvalue weighted by Gasteiger charge is -2.06. The van der Waals surface area contributed by atoms with Gasteiger partial charge in [0, 0.05) is 18.7 Å². The van der Waals surface area contributed by atoms with Gasteiger partial charge in [-0.05, 0) is 25.5 Å². The Kier molecular flexibility index (Phi) is 3.06. The maximum absolute atomic E-state index is 5.96. The van der Waals surface area contributed by atoms with Crippen LogP contribution in [0.1, 0.15) is 18.2 Å².